The van der Waals surface area contributed by atoms with Crippen molar-refractivity contribution in [3.63, 3.8) is 0 Å². The number of carbonyl (C=O) groups excluding carboxylic acids is 1. The molecule has 46 heavy (non-hydrogen) atoms. The summed E-state index contributed by atoms with van der Waals surface area (Å²) < 4.78 is 24.5. The lowest BCUT2D eigenvalue weighted by molar-refractivity contribution is -0.385. The van der Waals surface area contributed by atoms with Gasteiger partial charge in [-0.15, -0.1) is 0 Å². The minimum Gasteiger partial charge on any atom is -0.463 e. The largest absolute Gasteiger partial charge is 0.463 e. The zero-order valence-electron chi connectivity index (χ0n) is 24.6. The monoisotopic (exact) mass is 635 g/mol. The first-order valence-corrected chi connectivity index (χ1v) is 15.2. The van der Waals surface area contributed by atoms with E-state index in [1.165, 1.54) is 10.6 Å². The highest BCUT2D eigenvalue weighted by Crippen LogP contribution is 2.40. The number of benzene rings is 3. The summed E-state index contributed by atoms with van der Waals surface area (Å²) in [6, 6.07) is 21.9. The summed E-state index contributed by atoms with van der Waals surface area (Å²) in [6.45, 7) is 3.59. The Morgan fingerprint density at radius 3 is 2.65 bits per heavy atom. The zero-order chi connectivity index (χ0) is 31.9. The van der Waals surface area contributed by atoms with E-state index in [0.717, 1.165) is 11.3 Å². The van der Waals surface area contributed by atoms with Crippen LogP contribution in [0.5, 0.6) is 11.5 Å². The average molecular weight is 636 g/mol. The number of nitro groups is 1. The molecule has 0 saturated heterocycles. The number of nitro benzene ring substituents is 1. The van der Waals surface area contributed by atoms with Crippen molar-refractivity contribution in [2.24, 2.45) is 4.99 Å². The summed E-state index contributed by atoms with van der Waals surface area (Å²) in [6.07, 6.45) is 1.60. The normalized spacial score (nSPS) is 15.4. The second-order valence-corrected chi connectivity index (χ2v) is 11.5. The number of ether oxygens (including phenoxy) is 3. The maximum absolute atomic E-state index is 14.2. The van der Waals surface area contributed by atoms with Crippen LogP contribution in [0.15, 0.2) is 98.6 Å². The third-order valence-electron chi connectivity index (χ3n) is 7.68. The Morgan fingerprint density at radius 2 is 1.87 bits per heavy atom. The zero-order valence-corrected chi connectivity index (χ0v) is 25.4. The second-order valence-electron chi connectivity index (χ2n) is 10.5. The molecule has 230 valence electrons. The first kappa shape index (κ1) is 29.0. The molecule has 2 aromatic heterocycles. The number of hydrogen-bond acceptors (Lipinski definition) is 10. The number of aromatic nitrogens is 1. The van der Waals surface area contributed by atoms with Gasteiger partial charge in [0.15, 0.2) is 16.3 Å². The molecule has 0 radical (unpaired) electrons. The molecule has 12 heteroatoms. The van der Waals surface area contributed by atoms with E-state index in [1.807, 2.05) is 30.3 Å². The number of hydrogen-bond donors (Lipinski definition) is 0. The van der Waals surface area contributed by atoms with Crippen LogP contribution in [0.2, 0.25) is 0 Å². The van der Waals surface area contributed by atoms with E-state index in [0.29, 0.717) is 60.3 Å². The Bertz CT molecular complexity index is 2250. The number of esters is 1. The van der Waals surface area contributed by atoms with Crippen molar-refractivity contribution in [2.45, 2.75) is 19.9 Å². The van der Waals surface area contributed by atoms with Crippen molar-refractivity contribution in [3.05, 3.63) is 137 Å². The molecule has 2 aliphatic rings. The molecule has 7 rings (SSSR count). The molecule has 5 aromatic rings. The number of nitrogens with zero attached hydrogens (tertiary/aromatic N) is 3. The highest BCUT2D eigenvalue weighted by atomic mass is 32.1. The van der Waals surface area contributed by atoms with Crippen LogP contribution in [0.4, 0.5) is 5.69 Å². The van der Waals surface area contributed by atoms with E-state index >= 15 is 0 Å². The highest BCUT2D eigenvalue weighted by molar-refractivity contribution is 7.07. The molecule has 1 atom stereocenters. The fourth-order valence-electron chi connectivity index (χ4n) is 5.51. The van der Waals surface area contributed by atoms with Crippen molar-refractivity contribution in [1.29, 1.82) is 0 Å². The van der Waals surface area contributed by atoms with Gasteiger partial charge in [-0.05, 0) is 43.7 Å². The van der Waals surface area contributed by atoms with Crippen LogP contribution in [0.1, 0.15) is 35.4 Å². The van der Waals surface area contributed by atoms with Crippen LogP contribution in [-0.4, -0.2) is 28.9 Å². The Morgan fingerprint density at radius 1 is 1.07 bits per heavy atom. The lowest BCUT2D eigenvalue weighted by Gasteiger charge is -2.26. The van der Waals surface area contributed by atoms with Crippen molar-refractivity contribution in [2.75, 3.05) is 13.4 Å². The Balaban J connectivity index is 1.40. The number of furan rings is 1. The predicted octanol–water partition coefficient (Wildman–Crippen LogP) is 5.14. The van der Waals surface area contributed by atoms with Gasteiger partial charge in [0.1, 0.15) is 11.5 Å². The van der Waals surface area contributed by atoms with Crippen molar-refractivity contribution in [3.8, 4) is 22.8 Å². The molecule has 2 aliphatic heterocycles. The molecular formula is C34H25N3O8S. The average Bonchev–Trinajstić information content (AvgIpc) is 3.80. The molecule has 3 aromatic carbocycles. The summed E-state index contributed by atoms with van der Waals surface area (Å²) >= 11 is 1.16. The van der Waals surface area contributed by atoms with Crippen LogP contribution < -0.4 is 24.4 Å². The lowest BCUT2D eigenvalue weighted by Crippen LogP contribution is -2.40. The molecular weight excluding hydrogens is 610 g/mol. The maximum atomic E-state index is 14.2. The molecule has 0 spiro atoms. The van der Waals surface area contributed by atoms with Crippen molar-refractivity contribution < 1.29 is 28.3 Å². The van der Waals surface area contributed by atoms with E-state index in [9.17, 15) is 19.7 Å². The molecule has 4 heterocycles. The number of carbonyl (C=O) groups is 1. The van der Waals surface area contributed by atoms with E-state index < -0.39 is 16.9 Å². The van der Waals surface area contributed by atoms with Crippen LogP contribution in [0.3, 0.4) is 0 Å². The van der Waals surface area contributed by atoms with Gasteiger partial charge in [-0.2, -0.15) is 0 Å². The second kappa shape index (κ2) is 11.6. The molecule has 0 amide bonds. The Kier molecular flexibility index (Phi) is 7.33. The molecule has 0 bridgehead atoms. The first-order valence-electron chi connectivity index (χ1n) is 14.4. The maximum Gasteiger partial charge on any atom is 0.338 e. The van der Waals surface area contributed by atoms with Gasteiger partial charge in [0.2, 0.25) is 6.79 Å². The van der Waals surface area contributed by atoms with Crippen LogP contribution >= 0.6 is 11.3 Å². The van der Waals surface area contributed by atoms with Gasteiger partial charge in [0.25, 0.3) is 11.2 Å². The quantitative estimate of drug-likeness (QED) is 0.136. The smallest absolute Gasteiger partial charge is 0.338 e. The van der Waals surface area contributed by atoms with Gasteiger partial charge in [-0.1, -0.05) is 59.9 Å². The minimum atomic E-state index is -0.887. The van der Waals surface area contributed by atoms with Crippen LogP contribution in [-0.2, 0) is 9.53 Å². The van der Waals surface area contributed by atoms with Crippen molar-refractivity contribution >= 4 is 34.8 Å². The predicted molar refractivity (Wildman–Crippen MR) is 169 cm³/mol. The fourth-order valence-corrected chi connectivity index (χ4v) is 6.49. The topological polar surface area (TPSA) is 135 Å². The Labute approximate surface area is 265 Å². The van der Waals surface area contributed by atoms with E-state index in [2.05, 4.69) is 0 Å². The van der Waals surface area contributed by atoms with Gasteiger partial charge >= 0.3 is 5.97 Å². The molecule has 11 nitrogen and oxygen atoms in total. The number of fused-ring (bicyclic) bond motifs is 2. The molecule has 0 aliphatic carbocycles. The standard InChI is InChI=1S/C34H25N3O8S/c1-3-42-33(39)29-30(20-7-5-4-6-8-20)35-34-36(31(29)22-11-13-26-27(16-22)44-18-43-26)32(38)28(46-34)17-23-12-14-25(45-23)21-10-9-19(2)24(15-21)37(40)41/h4-17,31H,3,18H2,1-2H3/b28-17-. The molecule has 0 N–H and O–H groups in total. The number of thiazole rings is 1. The first-order chi connectivity index (χ1) is 22.3. The summed E-state index contributed by atoms with van der Waals surface area (Å²) in [5.74, 6) is 1.26. The van der Waals surface area contributed by atoms with E-state index in [-0.39, 0.29) is 30.2 Å². The molecule has 0 fully saturated rings. The van der Waals surface area contributed by atoms with Gasteiger partial charge in [-0.3, -0.25) is 19.5 Å². The highest BCUT2D eigenvalue weighted by Gasteiger charge is 2.36. The summed E-state index contributed by atoms with van der Waals surface area (Å²) in [5, 5.41) is 11.5. The lowest BCUT2D eigenvalue weighted by atomic mass is 9.93. The van der Waals surface area contributed by atoms with Crippen molar-refractivity contribution in [1.82, 2.24) is 4.57 Å². The SMILES string of the molecule is CCOC(=O)C1=C(c2ccccc2)N=c2s/c(=C\c3ccc(-c4ccc(C)c([N+](=O)[O-])c4)o3)c(=O)n2C1c1ccc2c(c1)OCO2. The van der Waals surface area contributed by atoms with Gasteiger partial charge in [0, 0.05) is 28.8 Å². The Hall–Kier alpha value is -5.75. The third-order valence-corrected chi connectivity index (χ3v) is 8.66. The number of rotatable bonds is 7. The van der Waals surface area contributed by atoms with Crippen LogP contribution in [0, 0.1) is 17.0 Å². The summed E-state index contributed by atoms with van der Waals surface area (Å²) in [4.78, 5) is 44.1. The van der Waals surface area contributed by atoms with Gasteiger partial charge in [-0.25, -0.2) is 9.79 Å². The van der Waals surface area contributed by atoms with Gasteiger partial charge < -0.3 is 18.6 Å². The minimum absolute atomic E-state index is 0.0149. The van der Waals surface area contributed by atoms with E-state index in [1.54, 1.807) is 62.4 Å². The number of aryl methyl sites for hydroxylation is 1. The molecule has 0 saturated carbocycles. The van der Waals surface area contributed by atoms with E-state index in [4.69, 9.17) is 23.6 Å². The summed E-state index contributed by atoms with van der Waals surface area (Å²) in [7, 11) is 0. The van der Waals surface area contributed by atoms with Gasteiger partial charge in [0.05, 0.1) is 33.4 Å². The van der Waals surface area contributed by atoms with Crippen LogP contribution in [0.25, 0.3) is 23.1 Å². The fraction of sp³-hybridized carbons (Fsp3) is 0.147. The summed E-state index contributed by atoms with van der Waals surface area (Å²) in [5.41, 5.74) is 2.59. The molecule has 1 unspecified atom stereocenters. The third kappa shape index (κ3) is 5.08.